The summed E-state index contributed by atoms with van der Waals surface area (Å²) in [5.74, 6) is -3.40. The summed E-state index contributed by atoms with van der Waals surface area (Å²) in [7, 11) is 0. The van der Waals surface area contributed by atoms with Gasteiger partial charge in [0.2, 0.25) is 0 Å². The summed E-state index contributed by atoms with van der Waals surface area (Å²) >= 11 is 0. The van der Waals surface area contributed by atoms with Gasteiger partial charge in [-0.05, 0) is 48.2 Å². The summed E-state index contributed by atoms with van der Waals surface area (Å²) in [5.41, 5.74) is 0.593. The molecule has 2 rings (SSSR count). The molecule has 0 saturated carbocycles. The Morgan fingerprint density at radius 3 is 2.12 bits per heavy atom. The number of hydrogen-bond acceptors (Lipinski definition) is 2. The molecule has 132 valence electrons. The Morgan fingerprint density at radius 1 is 0.800 bits per heavy atom. The van der Waals surface area contributed by atoms with Gasteiger partial charge >= 0.3 is 0 Å². The van der Waals surface area contributed by atoms with E-state index >= 15 is 0 Å². The Hall–Kier alpha value is -2.50. The maximum Gasteiger partial charge on any atom is 0.159 e. The number of aryl methyl sites for hydroxylation is 1. The molecule has 0 atom stereocenters. The molecule has 2 aromatic rings. The van der Waals surface area contributed by atoms with E-state index in [2.05, 4.69) is 17.1 Å². The maximum absolute atomic E-state index is 14.0. The first kappa shape index (κ1) is 18.8. The topological polar surface area (TPSA) is 24.7 Å². The molecule has 25 heavy (non-hydrogen) atoms. The normalized spacial score (nSPS) is 11.7. The molecule has 2 aromatic carbocycles. The highest BCUT2D eigenvalue weighted by Crippen LogP contribution is 2.16. The number of hydrogen-bond donors (Lipinski definition) is 0. The molecule has 0 N–H and O–H groups in total. The van der Waals surface area contributed by atoms with E-state index in [0.717, 1.165) is 43.8 Å². The van der Waals surface area contributed by atoms with Crippen LogP contribution in [0.15, 0.2) is 40.5 Å². The second-order valence-corrected chi connectivity index (χ2v) is 5.59. The van der Waals surface area contributed by atoms with Crippen LogP contribution in [-0.2, 0) is 6.42 Å². The van der Waals surface area contributed by atoms with E-state index in [0.29, 0.717) is 12.0 Å². The van der Waals surface area contributed by atoms with Crippen LogP contribution in [0.4, 0.5) is 17.6 Å². The lowest BCUT2D eigenvalue weighted by atomic mass is 10.0. The molecule has 2 nitrogen and oxygen atoms in total. The van der Waals surface area contributed by atoms with E-state index in [4.69, 9.17) is 0 Å². The van der Waals surface area contributed by atoms with Gasteiger partial charge in [0, 0.05) is 0 Å². The second kappa shape index (κ2) is 9.11. The van der Waals surface area contributed by atoms with Crippen LogP contribution >= 0.6 is 0 Å². The fourth-order valence-electron chi connectivity index (χ4n) is 2.27. The fourth-order valence-corrected chi connectivity index (χ4v) is 2.27. The largest absolute Gasteiger partial charge is 0.206 e. The second-order valence-electron chi connectivity index (χ2n) is 5.59. The van der Waals surface area contributed by atoms with Crippen LogP contribution in [0, 0.1) is 23.3 Å². The molecule has 0 aromatic heterocycles. The lowest BCUT2D eigenvalue weighted by molar-refractivity contribution is 0.508. The van der Waals surface area contributed by atoms with Crippen molar-refractivity contribution in [1.29, 1.82) is 0 Å². The van der Waals surface area contributed by atoms with E-state index in [1.54, 1.807) is 0 Å². The average Bonchev–Trinajstić information content (AvgIpc) is 2.57. The van der Waals surface area contributed by atoms with E-state index in [1.807, 2.05) is 0 Å². The number of halogens is 4. The minimum Gasteiger partial charge on any atom is -0.206 e. The summed E-state index contributed by atoms with van der Waals surface area (Å²) in [5, 5.41) is 7.16. The molecule has 0 unspecified atom stereocenters. The minimum atomic E-state index is -1.01. The predicted molar refractivity (Wildman–Crippen MR) is 91.1 cm³/mol. The quantitative estimate of drug-likeness (QED) is 0.275. The van der Waals surface area contributed by atoms with Crippen LogP contribution in [0.2, 0.25) is 0 Å². The van der Waals surface area contributed by atoms with Gasteiger partial charge in [0.05, 0.1) is 18.0 Å². The van der Waals surface area contributed by atoms with Crippen molar-refractivity contribution in [3.63, 3.8) is 0 Å². The highest BCUT2D eigenvalue weighted by Gasteiger charge is 2.09. The maximum atomic E-state index is 14.0. The average molecular weight is 350 g/mol. The summed E-state index contributed by atoms with van der Waals surface area (Å²) in [4.78, 5) is 0. The highest BCUT2D eigenvalue weighted by atomic mass is 19.2. The monoisotopic (exact) mass is 350 g/mol. The van der Waals surface area contributed by atoms with Crippen molar-refractivity contribution in [3.8, 4) is 0 Å². The zero-order chi connectivity index (χ0) is 18.2. The predicted octanol–water partition coefficient (Wildman–Crippen LogP) is 5.43. The van der Waals surface area contributed by atoms with Gasteiger partial charge in [0.1, 0.15) is 11.6 Å². The van der Waals surface area contributed by atoms with Crippen molar-refractivity contribution in [2.24, 2.45) is 10.2 Å². The fraction of sp³-hybridized carbons (Fsp3) is 0.263. The van der Waals surface area contributed by atoms with Crippen LogP contribution in [0.5, 0.6) is 0 Å². The highest BCUT2D eigenvalue weighted by molar-refractivity contribution is 5.83. The van der Waals surface area contributed by atoms with Crippen LogP contribution < -0.4 is 0 Å². The molecule has 0 heterocycles. The zero-order valence-corrected chi connectivity index (χ0v) is 13.8. The number of unbranched alkanes of at least 4 members (excludes halogenated alkanes) is 2. The van der Waals surface area contributed by atoms with Crippen LogP contribution in [0.3, 0.4) is 0 Å². The molecular formula is C19H18F4N2. The Balaban J connectivity index is 2.07. The molecular weight excluding hydrogens is 332 g/mol. The van der Waals surface area contributed by atoms with Gasteiger partial charge in [-0.25, -0.2) is 17.6 Å². The third-order valence-corrected chi connectivity index (χ3v) is 3.61. The molecule has 0 saturated heterocycles. The Kier molecular flexibility index (Phi) is 6.86. The first-order valence-electron chi connectivity index (χ1n) is 8.00. The molecule has 0 aliphatic heterocycles. The molecule has 0 bridgehead atoms. The lowest BCUT2D eigenvalue weighted by Crippen LogP contribution is -1.98. The van der Waals surface area contributed by atoms with Gasteiger partial charge in [-0.3, -0.25) is 0 Å². The summed E-state index contributed by atoms with van der Waals surface area (Å²) in [6, 6.07) is 5.79. The van der Waals surface area contributed by atoms with Gasteiger partial charge in [-0.15, -0.1) is 0 Å². The summed E-state index contributed by atoms with van der Waals surface area (Å²) in [6.07, 6.45) is 5.65. The van der Waals surface area contributed by atoms with Gasteiger partial charge < -0.3 is 0 Å². The lowest BCUT2D eigenvalue weighted by Gasteiger charge is -2.04. The Morgan fingerprint density at radius 2 is 1.48 bits per heavy atom. The molecule has 0 spiro atoms. The van der Waals surface area contributed by atoms with Gasteiger partial charge in [0.15, 0.2) is 11.6 Å². The first-order valence-corrected chi connectivity index (χ1v) is 8.00. The third kappa shape index (κ3) is 5.52. The Bertz CT molecular complexity index is 762. The van der Waals surface area contributed by atoms with Crippen LogP contribution in [-0.4, -0.2) is 12.4 Å². The van der Waals surface area contributed by atoms with Crippen molar-refractivity contribution in [1.82, 2.24) is 0 Å². The van der Waals surface area contributed by atoms with E-state index in [-0.39, 0.29) is 11.1 Å². The first-order chi connectivity index (χ1) is 12.0. The molecule has 0 aliphatic rings. The molecule has 0 amide bonds. The van der Waals surface area contributed by atoms with Crippen LogP contribution in [0.1, 0.15) is 42.9 Å². The smallest absolute Gasteiger partial charge is 0.159 e. The molecule has 6 heteroatoms. The van der Waals surface area contributed by atoms with Crippen molar-refractivity contribution in [2.45, 2.75) is 32.6 Å². The zero-order valence-electron chi connectivity index (χ0n) is 13.8. The standard InChI is InChI=1S/C19H18F4N2/c1-2-3-4-5-13-8-17(21)15(18(22)9-13)12-25-24-11-14-6-7-16(20)19(23)10-14/h6-12H,2-5H2,1H3. The van der Waals surface area contributed by atoms with Crippen molar-refractivity contribution in [2.75, 3.05) is 0 Å². The van der Waals surface area contributed by atoms with Gasteiger partial charge in [-0.1, -0.05) is 25.8 Å². The third-order valence-electron chi connectivity index (χ3n) is 3.61. The van der Waals surface area contributed by atoms with Crippen molar-refractivity contribution in [3.05, 3.63) is 70.3 Å². The van der Waals surface area contributed by atoms with Crippen LogP contribution in [0.25, 0.3) is 0 Å². The van der Waals surface area contributed by atoms with E-state index in [9.17, 15) is 17.6 Å². The number of nitrogens with zero attached hydrogens (tertiary/aromatic N) is 2. The molecule has 0 fully saturated rings. The number of benzene rings is 2. The molecule has 0 radical (unpaired) electrons. The summed E-state index contributed by atoms with van der Waals surface area (Å²) < 4.78 is 53.8. The van der Waals surface area contributed by atoms with Crippen molar-refractivity contribution < 1.29 is 17.6 Å². The van der Waals surface area contributed by atoms with Crippen molar-refractivity contribution >= 4 is 12.4 Å². The van der Waals surface area contributed by atoms with Gasteiger partial charge in [0.25, 0.3) is 0 Å². The summed E-state index contributed by atoms with van der Waals surface area (Å²) in [6.45, 7) is 2.06. The minimum absolute atomic E-state index is 0.281. The van der Waals surface area contributed by atoms with E-state index in [1.165, 1.54) is 18.2 Å². The van der Waals surface area contributed by atoms with Gasteiger partial charge in [-0.2, -0.15) is 10.2 Å². The Labute approximate surface area is 143 Å². The van der Waals surface area contributed by atoms with E-state index < -0.39 is 23.3 Å². The number of rotatable bonds is 7. The molecule has 0 aliphatic carbocycles. The SMILES string of the molecule is CCCCCc1cc(F)c(C=NN=Cc2ccc(F)c(F)c2)c(F)c1.